The Morgan fingerprint density at radius 2 is 0.929 bits per heavy atom. The summed E-state index contributed by atoms with van der Waals surface area (Å²) in [5, 5.41) is 0. The molecule has 0 N–H and O–H groups in total. The second-order valence-corrected chi connectivity index (χ2v) is 13.9. The maximum atomic E-state index is 5.10. The summed E-state index contributed by atoms with van der Waals surface area (Å²) in [6.45, 7) is 7.96. The van der Waals surface area contributed by atoms with Gasteiger partial charge < -0.3 is 0 Å². The summed E-state index contributed by atoms with van der Waals surface area (Å²) in [5.74, 6) is 1.88. The Morgan fingerprint density at radius 3 is 1.50 bits per heavy atom. The summed E-state index contributed by atoms with van der Waals surface area (Å²) in [6.07, 6.45) is 12.1. The van der Waals surface area contributed by atoms with Gasteiger partial charge in [-0.25, -0.2) is 15.0 Å². The van der Waals surface area contributed by atoms with Crippen LogP contribution in [0.5, 0.6) is 0 Å². The van der Waals surface area contributed by atoms with Gasteiger partial charge in [-0.05, 0) is 98.8 Å². The Bertz CT molecular complexity index is 2690. The van der Waals surface area contributed by atoms with Crippen molar-refractivity contribution in [1.29, 1.82) is 0 Å². The summed E-state index contributed by atoms with van der Waals surface area (Å²) in [5.41, 5.74) is 16.3. The number of aryl methyl sites for hydroxylation is 1. The van der Waals surface area contributed by atoms with E-state index in [1.807, 2.05) is 79.0 Å². The van der Waals surface area contributed by atoms with Crippen molar-refractivity contribution < 1.29 is 0 Å². The molecule has 0 radical (unpaired) electrons. The van der Waals surface area contributed by atoms with Crippen LogP contribution in [0, 0.1) is 0 Å². The van der Waals surface area contributed by atoms with E-state index in [1.54, 1.807) is 0 Å². The van der Waals surface area contributed by atoms with E-state index < -0.39 is 0 Å². The summed E-state index contributed by atoms with van der Waals surface area (Å²) < 4.78 is 0. The van der Waals surface area contributed by atoms with Gasteiger partial charge in [0.2, 0.25) is 0 Å². The fourth-order valence-corrected chi connectivity index (χ4v) is 7.42. The van der Waals surface area contributed by atoms with Crippen LogP contribution in [-0.4, -0.2) is 19.9 Å². The first-order chi connectivity index (χ1) is 27.6. The smallest absolute Gasteiger partial charge is 0.164 e. The van der Waals surface area contributed by atoms with Crippen LogP contribution in [0.2, 0.25) is 0 Å². The third-order valence-corrected chi connectivity index (χ3v) is 10.4. The van der Waals surface area contributed by atoms with Crippen LogP contribution in [0.4, 0.5) is 0 Å². The average Bonchev–Trinajstić information content (AvgIpc) is 3.29. The van der Waals surface area contributed by atoms with Crippen LogP contribution in [0.3, 0.4) is 0 Å². The molecule has 0 fully saturated rings. The molecule has 1 aliphatic carbocycles. The Kier molecular flexibility index (Phi) is 9.36. The van der Waals surface area contributed by atoms with Crippen molar-refractivity contribution in [3.8, 4) is 78.7 Å². The number of benzene rings is 6. The monoisotopic (exact) mass is 718 g/mol. The molecule has 0 saturated carbocycles. The zero-order chi connectivity index (χ0) is 37.8. The Labute approximate surface area is 328 Å². The van der Waals surface area contributed by atoms with Crippen molar-refractivity contribution >= 4 is 18.2 Å². The summed E-state index contributed by atoms with van der Waals surface area (Å²) in [7, 11) is 0. The molecule has 8 aromatic rings. The third-order valence-electron chi connectivity index (χ3n) is 10.4. The molecule has 0 unspecified atom stereocenters. The van der Waals surface area contributed by atoms with E-state index in [1.165, 1.54) is 16.7 Å². The van der Waals surface area contributed by atoms with Crippen molar-refractivity contribution in [1.82, 2.24) is 19.9 Å². The highest BCUT2D eigenvalue weighted by Crippen LogP contribution is 2.36. The quantitative estimate of drug-likeness (QED) is 0.149. The van der Waals surface area contributed by atoms with E-state index in [0.717, 1.165) is 79.7 Å². The third kappa shape index (κ3) is 6.92. The van der Waals surface area contributed by atoms with E-state index in [9.17, 15) is 0 Å². The number of pyridine rings is 1. The SMILES string of the molecule is C=Cc1ccc(-c2ccc(-c3cc(-c4ccc(-c5ccnc6c5C=CCC6)cc4)cc(-c4nc(-c5ccccc5)nc(-c5ccccc5)n4)c3)cc2)cc1C=C. The molecule has 6 aromatic carbocycles. The Hall–Kier alpha value is -7.30. The molecule has 0 spiro atoms. The van der Waals surface area contributed by atoms with E-state index in [4.69, 9.17) is 15.0 Å². The molecule has 0 bridgehead atoms. The second kappa shape index (κ2) is 15.2. The standard InChI is InChI=1S/C52H38N4/c1-3-35-19-28-43(31-36(35)4-2)37-20-22-38(23-21-37)44-32-45(39-24-26-40(27-25-39)47-29-30-53-49-18-12-11-17-48(47)49)34-46(33-44)52-55-50(41-13-7-5-8-14-41)54-51(56-52)42-15-9-6-10-16-42/h3-11,13-17,19-34H,1-2,12,18H2. The van der Waals surface area contributed by atoms with Gasteiger partial charge in [0.1, 0.15) is 0 Å². The van der Waals surface area contributed by atoms with Crippen LogP contribution in [0.15, 0.2) is 177 Å². The topological polar surface area (TPSA) is 51.6 Å². The summed E-state index contributed by atoms with van der Waals surface area (Å²) in [6, 6.07) is 53.0. The molecule has 56 heavy (non-hydrogen) atoms. The molecule has 9 rings (SSSR count). The fourth-order valence-electron chi connectivity index (χ4n) is 7.42. The lowest BCUT2D eigenvalue weighted by molar-refractivity contribution is 0.928. The zero-order valence-electron chi connectivity index (χ0n) is 30.9. The molecule has 2 heterocycles. The van der Waals surface area contributed by atoms with Gasteiger partial charge in [0.25, 0.3) is 0 Å². The minimum Gasteiger partial charge on any atom is -0.261 e. The molecule has 0 aliphatic heterocycles. The average molecular weight is 719 g/mol. The maximum Gasteiger partial charge on any atom is 0.164 e. The highest BCUT2D eigenvalue weighted by molar-refractivity contribution is 5.84. The highest BCUT2D eigenvalue weighted by atomic mass is 15.0. The van der Waals surface area contributed by atoms with Crippen molar-refractivity contribution in [2.24, 2.45) is 0 Å². The van der Waals surface area contributed by atoms with Crippen molar-refractivity contribution in [3.05, 3.63) is 199 Å². The van der Waals surface area contributed by atoms with Crippen LogP contribution in [-0.2, 0) is 6.42 Å². The first-order valence-corrected chi connectivity index (χ1v) is 18.9. The molecule has 0 atom stereocenters. The van der Waals surface area contributed by atoms with Gasteiger partial charge in [0, 0.05) is 34.1 Å². The minimum absolute atomic E-state index is 0.614. The molecular formula is C52H38N4. The van der Waals surface area contributed by atoms with Crippen molar-refractivity contribution in [2.75, 3.05) is 0 Å². The summed E-state index contributed by atoms with van der Waals surface area (Å²) >= 11 is 0. The predicted octanol–water partition coefficient (Wildman–Crippen LogP) is 13.2. The number of hydrogen-bond donors (Lipinski definition) is 0. The lowest BCUT2D eigenvalue weighted by Gasteiger charge is -2.15. The summed E-state index contributed by atoms with van der Waals surface area (Å²) in [4.78, 5) is 19.8. The predicted molar refractivity (Wildman–Crippen MR) is 233 cm³/mol. The second-order valence-electron chi connectivity index (χ2n) is 13.9. The van der Waals surface area contributed by atoms with Gasteiger partial charge in [-0.15, -0.1) is 0 Å². The van der Waals surface area contributed by atoms with Crippen molar-refractivity contribution in [2.45, 2.75) is 12.8 Å². The largest absolute Gasteiger partial charge is 0.261 e. The van der Waals surface area contributed by atoms with Crippen LogP contribution >= 0.6 is 0 Å². The molecule has 0 amide bonds. The molecule has 266 valence electrons. The van der Waals surface area contributed by atoms with Crippen molar-refractivity contribution in [3.63, 3.8) is 0 Å². The molecule has 1 aliphatic rings. The van der Waals surface area contributed by atoms with Gasteiger partial charge in [-0.2, -0.15) is 0 Å². The number of hydrogen-bond acceptors (Lipinski definition) is 4. The van der Waals surface area contributed by atoms with E-state index in [0.29, 0.717) is 17.5 Å². The molecule has 0 saturated heterocycles. The fraction of sp³-hybridized carbons (Fsp3) is 0.0385. The zero-order valence-corrected chi connectivity index (χ0v) is 30.9. The van der Waals surface area contributed by atoms with Crippen LogP contribution in [0.25, 0.3) is 96.9 Å². The first-order valence-electron chi connectivity index (χ1n) is 18.9. The van der Waals surface area contributed by atoms with Gasteiger partial charge in [-0.1, -0.05) is 159 Å². The van der Waals surface area contributed by atoms with E-state index in [-0.39, 0.29) is 0 Å². The Balaban J connectivity index is 1.17. The van der Waals surface area contributed by atoms with Gasteiger partial charge >= 0.3 is 0 Å². The number of aromatic nitrogens is 4. The first kappa shape index (κ1) is 34.5. The molecule has 2 aromatic heterocycles. The van der Waals surface area contributed by atoms with E-state index >= 15 is 0 Å². The number of fused-ring (bicyclic) bond motifs is 1. The van der Waals surface area contributed by atoms with Gasteiger partial charge in [0.15, 0.2) is 17.5 Å². The number of allylic oxidation sites excluding steroid dienone is 1. The number of nitrogens with zero attached hydrogens (tertiary/aromatic N) is 4. The lowest BCUT2D eigenvalue weighted by Crippen LogP contribution is -2.00. The Morgan fingerprint density at radius 1 is 0.429 bits per heavy atom. The van der Waals surface area contributed by atoms with Gasteiger partial charge in [0.05, 0.1) is 0 Å². The minimum atomic E-state index is 0.614. The van der Waals surface area contributed by atoms with E-state index in [2.05, 4.69) is 121 Å². The molecule has 4 nitrogen and oxygen atoms in total. The highest BCUT2D eigenvalue weighted by Gasteiger charge is 2.16. The van der Waals surface area contributed by atoms with Gasteiger partial charge in [-0.3, -0.25) is 4.98 Å². The number of rotatable bonds is 9. The van der Waals surface area contributed by atoms with Crippen LogP contribution < -0.4 is 0 Å². The lowest BCUT2D eigenvalue weighted by atomic mass is 9.91. The molecular weight excluding hydrogens is 681 g/mol. The molecule has 4 heteroatoms. The maximum absolute atomic E-state index is 5.10. The van der Waals surface area contributed by atoms with Crippen LogP contribution in [0.1, 0.15) is 28.8 Å². The normalized spacial score (nSPS) is 11.9.